The molecule has 0 atom stereocenters. The SMILES string of the molecule is CC1CCN(CCCNc2ncnc3onc(-c4ccc(Cl)cc4)c23)CC1. The first-order valence-electron chi connectivity index (χ1n) is 9.53. The molecule has 6 nitrogen and oxygen atoms in total. The lowest BCUT2D eigenvalue weighted by atomic mass is 9.99. The number of anilines is 1. The van der Waals surface area contributed by atoms with Crippen LogP contribution in [0.5, 0.6) is 0 Å². The van der Waals surface area contributed by atoms with Gasteiger partial charge in [0.1, 0.15) is 23.2 Å². The van der Waals surface area contributed by atoms with Gasteiger partial charge in [-0.2, -0.15) is 4.98 Å². The fourth-order valence-electron chi connectivity index (χ4n) is 3.52. The van der Waals surface area contributed by atoms with Crippen LogP contribution in [0, 0.1) is 5.92 Å². The van der Waals surface area contributed by atoms with Gasteiger partial charge in [0, 0.05) is 17.1 Å². The van der Waals surface area contributed by atoms with Crippen molar-refractivity contribution in [2.24, 2.45) is 5.92 Å². The second-order valence-corrected chi connectivity index (χ2v) is 7.68. The largest absolute Gasteiger partial charge is 0.369 e. The topological polar surface area (TPSA) is 67.1 Å². The van der Waals surface area contributed by atoms with Gasteiger partial charge in [0.2, 0.25) is 0 Å². The normalized spacial score (nSPS) is 16.1. The minimum absolute atomic E-state index is 0.488. The van der Waals surface area contributed by atoms with E-state index in [1.807, 2.05) is 24.3 Å². The van der Waals surface area contributed by atoms with Gasteiger partial charge in [-0.15, -0.1) is 0 Å². The third-order valence-corrected chi connectivity index (χ3v) is 5.46. The first-order valence-corrected chi connectivity index (χ1v) is 9.91. The first kappa shape index (κ1) is 18.2. The molecule has 0 radical (unpaired) electrons. The number of benzene rings is 1. The summed E-state index contributed by atoms with van der Waals surface area (Å²) in [6, 6.07) is 7.53. The molecule has 1 N–H and O–H groups in total. The van der Waals surface area contributed by atoms with E-state index in [4.69, 9.17) is 16.1 Å². The van der Waals surface area contributed by atoms with Crippen LogP contribution in [-0.2, 0) is 0 Å². The molecule has 1 fully saturated rings. The standard InChI is InChI=1S/C20H24ClN5O/c1-14-7-11-26(12-8-14)10-2-9-22-19-17-18(15-3-5-16(21)6-4-15)25-27-20(17)24-13-23-19/h3-6,13-14H,2,7-12H2,1H3,(H,22,23,24). The van der Waals surface area contributed by atoms with Crippen LogP contribution < -0.4 is 5.32 Å². The van der Waals surface area contributed by atoms with Crippen LogP contribution in [0.3, 0.4) is 0 Å². The molecule has 0 saturated carbocycles. The van der Waals surface area contributed by atoms with Gasteiger partial charge in [-0.3, -0.25) is 0 Å². The monoisotopic (exact) mass is 385 g/mol. The molecule has 1 saturated heterocycles. The summed E-state index contributed by atoms with van der Waals surface area (Å²) in [5.41, 5.74) is 2.15. The Morgan fingerprint density at radius 2 is 1.96 bits per heavy atom. The smallest absolute Gasteiger partial charge is 0.263 e. The Kier molecular flexibility index (Phi) is 5.55. The first-order chi connectivity index (χ1) is 13.2. The van der Waals surface area contributed by atoms with Gasteiger partial charge >= 0.3 is 0 Å². The highest BCUT2D eigenvalue weighted by molar-refractivity contribution is 6.30. The average Bonchev–Trinajstić information content (AvgIpc) is 3.12. The van der Waals surface area contributed by atoms with E-state index in [1.54, 1.807) is 0 Å². The second kappa shape index (κ2) is 8.23. The Morgan fingerprint density at radius 1 is 1.19 bits per heavy atom. The molecule has 142 valence electrons. The third kappa shape index (κ3) is 4.22. The summed E-state index contributed by atoms with van der Waals surface area (Å²) in [5, 5.41) is 9.14. The fraction of sp³-hybridized carbons (Fsp3) is 0.450. The third-order valence-electron chi connectivity index (χ3n) is 5.21. The van der Waals surface area contributed by atoms with E-state index in [0.717, 1.165) is 47.9 Å². The Balaban J connectivity index is 1.44. The number of hydrogen-bond acceptors (Lipinski definition) is 6. The lowest BCUT2D eigenvalue weighted by molar-refractivity contribution is 0.192. The predicted molar refractivity (Wildman–Crippen MR) is 108 cm³/mol. The molecule has 0 aliphatic carbocycles. The summed E-state index contributed by atoms with van der Waals surface area (Å²) in [7, 11) is 0. The van der Waals surface area contributed by atoms with Crippen LogP contribution in [0.15, 0.2) is 35.1 Å². The van der Waals surface area contributed by atoms with E-state index < -0.39 is 0 Å². The van der Waals surface area contributed by atoms with Gasteiger partial charge in [0.05, 0.1) is 0 Å². The predicted octanol–water partition coefficient (Wildman–Crippen LogP) is 4.47. The fourth-order valence-corrected chi connectivity index (χ4v) is 3.65. The lowest BCUT2D eigenvalue weighted by Crippen LogP contribution is -2.34. The Bertz CT molecular complexity index is 887. The van der Waals surface area contributed by atoms with Gasteiger partial charge in [-0.25, -0.2) is 4.98 Å². The molecule has 0 spiro atoms. The summed E-state index contributed by atoms with van der Waals surface area (Å²) in [4.78, 5) is 11.2. The van der Waals surface area contributed by atoms with Gasteiger partial charge < -0.3 is 14.7 Å². The molecule has 3 heterocycles. The molecule has 4 rings (SSSR count). The zero-order valence-electron chi connectivity index (χ0n) is 15.5. The highest BCUT2D eigenvalue weighted by Crippen LogP contribution is 2.31. The number of fused-ring (bicyclic) bond motifs is 1. The van der Waals surface area contributed by atoms with Crippen molar-refractivity contribution < 1.29 is 4.52 Å². The van der Waals surface area contributed by atoms with Crippen LogP contribution in [0.2, 0.25) is 5.02 Å². The number of nitrogens with one attached hydrogen (secondary N) is 1. The minimum Gasteiger partial charge on any atom is -0.369 e. The molecule has 0 unspecified atom stereocenters. The van der Waals surface area contributed by atoms with Crippen molar-refractivity contribution in [2.75, 3.05) is 31.5 Å². The van der Waals surface area contributed by atoms with Crippen molar-refractivity contribution in [3.63, 3.8) is 0 Å². The second-order valence-electron chi connectivity index (χ2n) is 7.24. The van der Waals surface area contributed by atoms with Crippen LogP contribution in [-0.4, -0.2) is 46.2 Å². The van der Waals surface area contributed by atoms with Crippen LogP contribution in [0.4, 0.5) is 5.82 Å². The van der Waals surface area contributed by atoms with Crippen LogP contribution in [0.25, 0.3) is 22.4 Å². The van der Waals surface area contributed by atoms with Gasteiger partial charge in [0.15, 0.2) is 0 Å². The van der Waals surface area contributed by atoms with E-state index in [0.29, 0.717) is 10.7 Å². The van der Waals surface area contributed by atoms with Gasteiger partial charge in [-0.1, -0.05) is 35.8 Å². The van der Waals surface area contributed by atoms with Crippen molar-refractivity contribution in [3.05, 3.63) is 35.6 Å². The summed E-state index contributed by atoms with van der Waals surface area (Å²) >= 11 is 5.99. The van der Waals surface area contributed by atoms with E-state index in [2.05, 4.69) is 32.3 Å². The van der Waals surface area contributed by atoms with Crippen molar-refractivity contribution in [3.8, 4) is 11.3 Å². The van der Waals surface area contributed by atoms with Crippen molar-refractivity contribution in [2.45, 2.75) is 26.2 Å². The number of hydrogen-bond donors (Lipinski definition) is 1. The molecular formula is C20H24ClN5O. The highest BCUT2D eigenvalue weighted by Gasteiger charge is 2.17. The molecule has 1 aliphatic rings. The molecule has 3 aromatic rings. The summed E-state index contributed by atoms with van der Waals surface area (Å²) < 4.78 is 5.40. The number of halogens is 1. The van der Waals surface area contributed by atoms with Crippen molar-refractivity contribution in [1.82, 2.24) is 20.0 Å². The van der Waals surface area contributed by atoms with Gasteiger partial charge in [-0.05, 0) is 56.9 Å². The van der Waals surface area contributed by atoms with E-state index in [1.165, 1.54) is 32.3 Å². The Morgan fingerprint density at radius 3 is 2.74 bits per heavy atom. The maximum absolute atomic E-state index is 5.99. The molecule has 0 amide bonds. The number of likely N-dealkylation sites (tertiary alicyclic amines) is 1. The molecule has 1 aromatic carbocycles. The molecule has 2 aromatic heterocycles. The lowest BCUT2D eigenvalue weighted by Gasteiger charge is -2.30. The van der Waals surface area contributed by atoms with Crippen molar-refractivity contribution in [1.29, 1.82) is 0 Å². The number of nitrogens with zero attached hydrogens (tertiary/aromatic N) is 4. The van der Waals surface area contributed by atoms with E-state index in [-0.39, 0.29) is 0 Å². The highest BCUT2D eigenvalue weighted by atomic mass is 35.5. The quantitative estimate of drug-likeness (QED) is 0.631. The Hall–Kier alpha value is -2.18. The molecule has 7 heteroatoms. The van der Waals surface area contributed by atoms with Crippen LogP contribution in [0.1, 0.15) is 26.2 Å². The zero-order valence-corrected chi connectivity index (χ0v) is 16.2. The molecular weight excluding hydrogens is 362 g/mol. The van der Waals surface area contributed by atoms with Crippen molar-refractivity contribution >= 4 is 28.5 Å². The molecule has 0 bridgehead atoms. The van der Waals surface area contributed by atoms with Gasteiger partial charge in [0.25, 0.3) is 5.71 Å². The molecule has 1 aliphatic heterocycles. The summed E-state index contributed by atoms with van der Waals surface area (Å²) in [6.07, 6.45) is 5.20. The molecule has 27 heavy (non-hydrogen) atoms. The number of piperidine rings is 1. The minimum atomic E-state index is 0.488. The maximum Gasteiger partial charge on any atom is 0.263 e. The van der Waals surface area contributed by atoms with Crippen LogP contribution >= 0.6 is 11.6 Å². The number of aromatic nitrogens is 3. The van der Waals surface area contributed by atoms with E-state index in [9.17, 15) is 0 Å². The summed E-state index contributed by atoms with van der Waals surface area (Å²) in [6.45, 7) is 6.73. The zero-order chi connectivity index (χ0) is 18.6. The average molecular weight is 386 g/mol. The summed E-state index contributed by atoms with van der Waals surface area (Å²) in [5.74, 6) is 1.63. The maximum atomic E-state index is 5.99. The Labute approximate surface area is 163 Å². The number of rotatable bonds is 6. The van der Waals surface area contributed by atoms with E-state index >= 15 is 0 Å².